The minimum atomic E-state index is 0.521. The Hall–Kier alpha value is -0.380. The average Bonchev–Trinajstić information content (AvgIpc) is 2.91. The highest BCUT2D eigenvalue weighted by molar-refractivity contribution is 7.07. The van der Waals surface area contributed by atoms with E-state index in [1.54, 1.807) is 11.3 Å². The van der Waals surface area contributed by atoms with Gasteiger partial charge in [0.1, 0.15) is 0 Å². The maximum absolute atomic E-state index is 5.96. The first-order valence-corrected chi connectivity index (χ1v) is 7.68. The average molecular weight is 252 g/mol. The summed E-state index contributed by atoms with van der Waals surface area (Å²) < 4.78 is 0. The van der Waals surface area contributed by atoms with Crippen LogP contribution in [0.4, 0.5) is 0 Å². The van der Waals surface area contributed by atoms with Crippen LogP contribution in [0.25, 0.3) is 0 Å². The first-order valence-electron chi connectivity index (χ1n) is 6.74. The molecule has 1 aromatic heterocycles. The van der Waals surface area contributed by atoms with Gasteiger partial charge in [0.2, 0.25) is 0 Å². The molecule has 1 aliphatic heterocycles. The predicted molar refractivity (Wildman–Crippen MR) is 75.3 cm³/mol. The largest absolute Gasteiger partial charge is 0.329 e. The third kappa shape index (κ3) is 2.90. The van der Waals surface area contributed by atoms with Crippen molar-refractivity contribution in [2.45, 2.75) is 45.2 Å². The van der Waals surface area contributed by atoms with Gasteiger partial charge in [-0.2, -0.15) is 11.3 Å². The molecule has 1 aliphatic rings. The Labute approximate surface area is 109 Å². The number of rotatable bonds is 4. The van der Waals surface area contributed by atoms with Crippen LogP contribution in [0.3, 0.4) is 0 Å². The van der Waals surface area contributed by atoms with Crippen LogP contribution in [-0.2, 0) is 0 Å². The van der Waals surface area contributed by atoms with E-state index < -0.39 is 0 Å². The Bertz CT molecular complexity index is 323. The molecule has 2 heterocycles. The summed E-state index contributed by atoms with van der Waals surface area (Å²) in [7, 11) is 0. The van der Waals surface area contributed by atoms with Gasteiger partial charge in [-0.3, -0.25) is 4.90 Å². The Morgan fingerprint density at radius 1 is 1.59 bits per heavy atom. The molecule has 17 heavy (non-hydrogen) atoms. The van der Waals surface area contributed by atoms with Gasteiger partial charge in [-0.25, -0.2) is 0 Å². The van der Waals surface area contributed by atoms with Crippen LogP contribution in [0.1, 0.15) is 44.7 Å². The van der Waals surface area contributed by atoms with Gasteiger partial charge in [0.05, 0.1) is 0 Å². The number of hydrogen-bond donors (Lipinski definition) is 1. The van der Waals surface area contributed by atoms with Crippen LogP contribution in [0.2, 0.25) is 0 Å². The summed E-state index contributed by atoms with van der Waals surface area (Å²) in [6.45, 7) is 6.62. The van der Waals surface area contributed by atoms with Gasteiger partial charge < -0.3 is 5.73 Å². The van der Waals surface area contributed by atoms with Crippen molar-refractivity contribution in [3.63, 3.8) is 0 Å². The molecule has 1 aromatic rings. The molecule has 3 atom stereocenters. The second-order valence-electron chi connectivity index (χ2n) is 5.16. The third-order valence-electron chi connectivity index (χ3n) is 4.24. The van der Waals surface area contributed by atoms with E-state index in [2.05, 4.69) is 35.6 Å². The summed E-state index contributed by atoms with van der Waals surface area (Å²) in [5, 5.41) is 4.44. The number of hydrogen-bond acceptors (Lipinski definition) is 3. The van der Waals surface area contributed by atoms with E-state index in [-0.39, 0.29) is 0 Å². The van der Waals surface area contributed by atoms with Crippen LogP contribution >= 0.6 is 11.3 Å². The monoisotopic (exact) mass is 252 g/mol. The first kappa shape index (κ1) is 13.1. The van der Waals surface area contributed by atoms with E-state index in [0.29, 0.717) is 12.1 Å². The molecule has 0 saturated carbocycles. The third-order valence-corrected chi connectivity index (χ3v) is 4.94. The van der Waals surface area contributed by atoms with Crippen molar-refractivity contribution in [2.24, 2.45) is 11.7 Å². The molecule has 0 amide bonds. The topological polar surface area (TPSA) is 29.3 Å². The van der Waals surface area contributed by atoms with E-state index in [9.17, 15) is 0 Å². The molecule has 2 nitrogen and oxygen atoms in total. The molecule has 0 bridgehead atoms. The molecule has 0 spiro atoms. The highest BCUT2D eigenvalue weighted by Gasteiger charge is 2.30. The lowest BCUT2D eigenvalue weighted by Crippen LogP contribution is -2.47. The molecule has 2 rings (SSSR count). The lowest BCUT2D eigenvalue weighted by Gasteiger charge is -2.42. The van der Waals surface area contributed by atoms with Gasteiger partial charge in [0.15, 0.2) is 0 Å². The minimum Gasteiger partial charge on any atom is -0.329 e. The summed E-state index contributed by atoms with van der Waals surface area (Å²) in [6.07, 6.45) is 3.92. The number of piperidine rings is 1. The molecule has 1 fully saturated rings. The van der Waals surface area contributed by atoms with Crippen molar-refractivity contribution in [3.05, 3.63) is 22.4 Å². The summed E-state index contributed by atoms with van der Waals surface area (Å²) in [6, 6.07) is 3.34. The van der Waals surface area contributed by atoms with Crippen LogP contribution in [0.15, 0.2) is 16.8 Å². The van der Waals surface area contributed by atoms with Crippen molar-refractivity contribution >= 4 is 11.3 Å². The predicted octanol–water partition coefficient (Wildman–Crippen LogP) is 3.26. The SMILES string of the molecule is CCC1CCN(C(C)c2ccsc2)C(CN)C1. The fourth-order valence-corrected chi connectivity index (χ4v) is 3.72. The fourth-order valence-electron chi connectivity index (χ4n) is 2.97. The number of nitrogens with two attached hydrogens (primary N) is 1. The van der Waals surface area contributed by atoms with E-state index in [4.69, 9.17) is 5.73 Å². The lowest BCUT2D eigenvalue weighted by atomic mass is 9.87. The van der Waals surface area contributed by atoms with Crippen molar-refractivity contribution in [1.82, 2.24) is 4.90 Å². The van der Waals surface area contributed by atoms with E-state index in [1.165, 1.54) is 31.4 Å². The first-order chi connectivity index (χ1) is 8.26. The van der Waals surface area contributed by atoms with Gasteiger partial charge in [-0.1, -0.05) is 13.3 Å². The molecule has 96 valence electrons. The van der Waals surface area contributed by atoms with Crippen molar-refractivity contribution in [3.8, 4) is 0 Å². The van der Waals surface area contributed by atoms with Gasteiger partial charge in [-0.15, -0.1) is 0 Å². The van der Waals surface area contributed by atoms with E-state index >= 15 is 0 Å². The zero-order valence-corrected chi connectivity index (χ0v) is 11.7. The van der Waals surface area contributed by atoms with Crippen molar-refractivity contribution in [2.75, 3.05) is 13.1 Å². The maximum atomic E-state index is 5.96. The van der Waals surface area contributed by atoms with Gasteiger partial charge >= 0.3 is 0 Å². The lowest BCUT2D eigenvalue weighted by molar-refractivity contribution is 0.0774. The number of thiophene rings is 1. The van der Waals surface area contributed by atoms with Crippen LogP contribution < -0.4 is 5.73 Å². The standard InChI is InChI=1S/C14H24N2S/c1-3-12-4-6-16(14(8-12)9-15)11(2)13-5-7-17-10-13/h5,7,10-12,14H,3-4,6,8-9,15H2,1-2H3. The maximum Gasteiger partial charge on any atom is 0.0331 e. The second kappa shape index (κ2) is 5.98. The van der Waals surface area contributed by atoms with Crippen LogP contribution in [0, 0.1) is 5.92 Å². The molecule has 3 heteroatoms. The van der Waals surface area contributed by atoms with Crippen LogP contribution in [-0.4, -0.2) is 24.0 Å². The zero-order valence-electron chi connectivity index (χ0n) is 10.9. The molecule has 0 aliphatic carbocycles. The highest BCUT2D eigenvalue weighted by atomic mass is 32.1. The number of likely N-dealkylation sites (tertiary alicyclic amines) is 1. The Kier molecular flexibility index (Phi) is 4.60. The molecular weight excluding hydrogens is 228 g/mol. The van der Waals surface area contributed by atoms with E-state index in [0.717, 1.165) is 12.5 Å². The summed E-state index contributed by atoms with van der Waals surface area (Å²) in [5.74, 6) is 0.884. The summed E-state index contributed by atoms with van der Waals surface area (Å²) in [5.41, 5.74) is 7.41. The number of nitrogens with zero attached hydrogens (tertiary/aromatic N) is 1. The highest BCUT2D eigenvalue weighted by Crippen LogP contribution is 2.32. The Morgan fingerprint density at radius 3 is 3.00 bits per heavy atom. The Balaban J connectivity index is 2.04. The minimum absolute atomic E-state index is 0.521. The molecule has 2 N–H and O–H groups in total. The van der Waals surface area contributed by atoms with Crippen LogP contribution in [0.5, 0.6) is 0 Å². The molecular formula is C14H24N2S. The summed E-state index contributed by atoms with van der Waals surface area (Å²) >= 11 is 1.79. The van der Waals surface area contributed by atoms with E-state index in [1.807, 2.05) is 0 Å². The van der Waals surface area contributed by atoms with Crippen molar-refractivity contribution in [1.29, 1.82) is 0 Å². The summed E-state index contributed by atoms with van der Waals surface area (Å²) in [4.78, 5) is 2.61. The zero-order chi connectivity index (χ0) is 12.3. The van der Waals surface area contributed by atoms with Gasteiger partial charge in [-0.05, 0) is 54.6 Å². The fraction of sp³-hybridized carbons (Fsp3) is 0.714. The van der Waals surface area contributed by atoms with Gasteiger partial charge in [0.25, 0.3) is 0 Å². The molecule has 0 aromatic carbocycles. The quantitative estimate of drug-likeness (QED) is 0.891. The van der Waals surface area contributed by atoms with Crippen molar-refractivity contribution < 1.29 is 0 Å². The smallest absolute Gasteiger partial charge is 0.0331 e. The molecule has 0 radical (unpaired) electrons. The Morgan fingerprint density at radius 2 is 2.41 bits per heavy atom. The van der Waals surface area contributed by atoms with Gasteiger partial charge in [0, 0.05) is 18.6 Å². The second-order valence-corrected chi connectivity index (χ2v) is 5.94. The molecule has 3 unspecified atom stereocenters. The normalized spacial score (nSPS) is 28.2. The molecule has 1 saturated heterocycles.